The number of aromatic nitrogens is 1. The maximum atomic E-state index is 12.6. The lowest BCUT2D eigenvalue weighted by atomic mass is 10.0. The van der Waals surface area contributed by atoms with E-state index in [-0.39, 0.29) is 11.4 Å². The Morgan fingerprint density at radius 3 is 3.00 bits per heavy atom. The van der Waals surface area contributed by atoms with Gasteiger partial charge in [-0.15, -0.1) is 0 Å². The molecule has 1 aliphatic rings. The summed E-state index contributed by atoms with van der Waals surface area (Å²) in [6.07, 6.45) is 2.16. The molecular formula is C10H13FN2O. The zero-order chi connectivity index (χ0) is 10.0. The van der Waals surface area contributed by atoms with Gasteiger partial charge in [-0.05, 0) is 25.5 Å². The first kappa shape index (κ1) is 9.40. The van der Waals surface area contributed by atoms with Gasteiger partial charge in [0.05, 0.1) is 18.3 Å². The minimum atomic E-state index is -0.316. The van der Waals surface area contributed by atoms with E-state index in [1.165, 1.54) is 12.3 Å². The molecule has 0 spiro atoms. The van der Waals surface area contributed by atoms with Gasteiger partial charge in [0, 0.05) is 6.61 Å². The molecule has 0 aromatic carbocycles. The van der Waals surface area contributed by atoms with Crippen molar-refractivity contribution in [2.45, 2.75) is 18.9 Å². The Labute approximate surface area is 82.3 Å². The van der Waals surface area contributed by atoms with Crippen LogP contribution in [0.1, 0.15) is 13.3 Å². The van der Waals surface area contributed by atoms with Crippen LogP contribution in [0.4, 0.5) is 10.2 Å². The Morgan fingerprint density at radius 1 is 1.57 bits per heavy atom. The Hall–Kier alpha value is -1.16. The predicted molar refractivity (Wildman–Crippen MR) is 51.7 cm³/mol. The summed E-state index contributed by atoms with van der Waals surface area (Å²) < 4.78 is 17.9. The topological polar surface area (TPSA) is 34.2 Å². The van der Waals surface area contributed by atoms with Crippen LogP contribution < -0.4 is 5.32 Å². The minimum Gasteiger partial charge on any atom is -0.379 e. The van der Waals surface area contributed by atoms with Crippen LogP contribution in [-0.4, -0.2) is 23.7 Å². The summed E-state index contributed by atoms with van der Waals surface area (Å²) in [5, 5.41) is 3.24. The fourth-order valence-corrected chi connectivity index (χ4v) is 1.52. The van der Waals surface area contributed by atoms with Crippen molar-refractivity contribution in [2.24, 2.45) is 0 Å². The molecule has 0 amide bonds. The van der Waals surface area contributed by atoms with E-state index in [4.69, 9.17) is 4.74 Å². The van der Waals surface area contributed by atoms with E-state index < -0.39 is 0 Å². The minimum absolute atomic E-state index is 0.0647. The molecule has 1 aromatic heterocycles. The Kier molecular flexibility index (Phi) is 2.37. The third-order valence-corrected chi connectivity index (χ3v) is 2.38. The second kappa shape index (κ2) is 3.53. The summed E-state index contributed by atoms with van der Waals surface area (Å²) in [5.74, 6) is 0.378. The zero-order valence-corrected chi connectivity index (χ0v) is 8.09. The van der Waals surface area contributed by atoms with E-state index >= 15 is 0 Å². The SMILES string of the molecule is CC1(Nc2ccc(F)cn2)CCOC1. The van der Waals surface area contributed by atoms with Gasteiger partial charge in [-0.25, -0.2) is 9.37 Å². The van der Waals surface area contributed by atoms with Crippen molar-refractivity contribution in [3.05, 3.63) is 24.1 Å². The fourth-order valence-electron chi connectivity index (χ4n) is 1.52. The number of rotatable bonds is 2. The summed E-state index contributed by atoms with van der Waals surface area (Å²) in [5.41, 5.74) is -0.0647. The highest BCUT2D eigenvalue weighted by Crippen LogP contribution is 2.22. The average Bonchev–Trinajstić information content (AvgIpc) is 2.57. The van der Waals surface area contributed by atoms with Crippen LogP contribution in [-0.2, 0) is 4.74 Å². The number of pyridine rings is 1. The number of ether oxygens (including phenoxy) is 1. The molecule has 1 aliphatic heterocycles. The first-order valence-electron chi connectivity index (χ1n) is 4.65. The summed E-state index contributed by atoms with van der Waals surface area (Å²) >= 11 is 0. The van der Waals surface area contributed by atoms with Crippen LogP contribution in [0.5, 0.6) is 0 Å². The van der Waals surface area contributed by atoms with Crippen LogP contribution in [0, 0.1) is 5.82 Å². The molecule has 1 saturated heterocycles. The molecule has 0 saturated carbocycles. The molecular weight excluding hydrogens is 183 g/mol. The number of nitrogens with one attached hydrogen (secondary N) is 1. The van der Waals surface area contributed by atoms with Crippen molar-refractivity contribution >= 4 is 5.82 Å². The van der Waals surface area contributed by atoms with Crippen molar-refractivity contribution in [3.63, 3.8) is 0 Å². The normalized spacial score (nSPS) is 26.4. The van der Waals surface area contributed by atoms with Crippen LogP contribution in [0.2, 0.25) is 0 Å². The second-order valence-electron chi connectivity index (χ2n) is 3.85. The molecule has 0 radical (unpaired) electrons. The molecule has 0 aliphatic carbocycles. The summed E-state index contributed by atoms with van der Waals surface area (Å²) in [7, 11) is 0. The van der Waals surface area contributed by atoms with Crippen molar-refractivity contribution < 1.29 is 9.13 Å². The molecule has 1 aromatic rings. The highest BCUT2D eigenvalue weighted by atomic mass is 19.1. The molecule has 76 valence electrons. The molecule has 3 nitrogen and oxygen atoms in total. The number of hydrogen-bond donors (Lipinski definition) is 1. The van der Waals surface area contributed by atoms with Crippen molar-refractivity contribution in [3.8, 4) is 0 Å². The predicted octanol–water partition coefficient (Wildman–Crippen LogP) is 1.81. The molecule has 2 heterocycles. The maximum absolute atomic E-state index is 12.6. The van der Waals surface area contributed by atoms with Gasteiger partial charge in [0.25, 0.3) is 0 Å². The number of nitrogens with zero attached hydrogens (tertiary/aromatic N) is 1. The lowest BCUT2D eigenvalue weighted by Gasteiger charge is -2.23. The monoisotopic (exact) mass is 196 g/mol. The standard InChI is InChI=1S/C10H13FN2O/c1-10(4-5-14-7-10)13-9-3-2-8(11)6-12-9/h2-3,6H,4-5,7H2,1H3,(H,12,13). The van der Waals surface area contributed by atoms with E-state index in [0.29, 0.717) is 12.4 Å². The molecule has 1 unspecified atom stereocenters. The summed E-state index contributed by atoms with van der Waals surface area (Å²) in [6.45, 7) is 3.52. The van der Waals surface area contributed by atoms with Crippen molar-refractivity contribution in [2.75, 3.05) is 18.5 Å². The van der Waals surface area contributed by atoms with Crippen molar-refractivity contribution in [1.82, 2.24) is 4.98 Å². The molecule has 4 heteroatoms. The lowest BCUT2D eigenvalue weighted by Crippen LogP contribution is -2.35. The third-order valence-electron chi connectivity index (χ3n) is 2.38. The third kappa shape index (κ3) is 2.01. The number of anilines is 1. The summed E-state index contributed by atoms with van der Waals surface area (Å²) in [4.78, 5) is 3.95. The first-order valence-corrected chi connectivity index (χ1v) is 4.65. The average molecular weight is 196 g/mol. The fraction of sp³-hybridized carbons (Fsp3) is 0.500. The Bertz CT molecular complexity index is 306. The number of hydrogen-bond acceptors (Lipinski definition) is 3. The molecule has 2 rings (SSSR count). The van der Waals surface area contributed by atoms with E-state index in [9.17, 15) is 4.39 Å². The van der Waals surface area contributed by atoms with Crippen LogP contribution >= 0.6 is 0 Å². The first-order chi connectivity index (χ1) is 6.68. The molecule has 0 bridgehead atoms. The van der Waals surface area contributed by atoms with Crippen LogP contribution in [0.25, 0.3) is 0 Å². The van der Waals surface area contributed by atoms with Gasteiger partial charge in [-0.1, -0.05) is 0 Å². The Morgan fingerprint density at radius 2 is 2.43 bits per heavy atom. The van der Waals surface area contributed by atoms with Gasteiger partial charge in [-0.2, -0.15) is 0 Å². The molecule has 14 heavy (non-hydrogen) atoms. The smallest absolute Gasteiger partial charge is 0.141 e. The molecule has 1 fully saturated rings. The van der Waals surface area contributed by atoms with Crippen LogP contribution in [0.3, 0.4) is 0 Å². The van der Waals surface area contributed by atoms with Gasteiger partial charge in [0.1, 0.15) is 11.6 Å². The Balaban J connectivity index is 2.06. The zero-order valence-electron chi connectivity index (χ0n) is 8.09. The van der Waals surface area contributed by atoms with E-state index in [0.717, 1.165) is 13.0 Å². The van der Waals surface area contributed by atoms with Gasteiger partial charge < -0.3 is 10.1 Å². The molecule has 1 atom stereocenters. The van der Waals surface area contributed by atoms with Gasteiger partial charge in [-0.3, -0.25) is 0 Å². The van der Waals surface area contributed by atoms with Crippen molar-refractivity contribution in [1.29, 1.82) is 0 Å². The lowest BCUT2D eigenvalue weighted by molar-refractivity contribution is 0.185. The van der Waals surface area contributed by atoms with E-state index in [1.54, 1.807) is 6.07 Å². The highest BCUT2D eigenvalue weighted by Gasteiger charge is 2.29. The maximum Gasteiger partial charge on any atom is 0.141 e. The second-order valence-corrected chi connectivity index (χ2v) is 3.85. The van der Waals surface area contributed by atoms with Crippen LogP contribution in [0.15, 0.2) is 18.3 Å². The molecule has 1 N–H and O–H groups in total. The quantitative estimate of drug-likeness (QED) is 0.783. The summed E-state index contributed by atoms with van der Waals surface area (Å²) in [6, 6.07) is 3.04. The van der Waals surface area contributed by atoms with E-state index in [1.807, 2.05) is 0 Å². The largest absolute Gasteiger partial charge is 0.379 e. The number of halogens is 1. The van der Waals surface area contributed by atoms with Gasteiger partial charge >= 0.3 is 0 Å². The highest BCUT2D eigenvalue weighted by molar-refractivity contribution is 5.37. The van der Waals surface area contributed by atoms with E-state index in [2.05, 4.69) is 17.2 Å². The van der Waals surface area contributed by atoms with Gasteiger partial charge in [0.2, 0.25) is 0 Å². The van der Waals surface area contributed by atoms with Gasteiger partial charge in [0.15, 0.2) is 0 Å².